The van der Waals surface area contributed by atoms with E-state index in [2.05, 4.69) is 19.6 Å². The molecule has 38 valence electrons. The minimum atomic E-state index is 1.24. The van der Waals surface area contributed by atoms with Crippen molar-refractivity contribution in [1.82, 2.24) is 0 Å². The van der Waals surface area contributed by atoms with Crippen molar-refractivity contribution in [3.05, 3.63) is 16.9 Å². The molecule has 0 spiro atoms. The average Bonchev–Trinajstić information content (AvgIpc) is 1.87. The Balaban J connectivity index is 2.81. The first-order valence-electron chi connectivity index (χ1n) is 2.71. The number of allylic oxidation sites excluding steroid dienone is 1. The third kappa shape index (κ3) is 0.942. The zero-order valence-corrected chi connectivity index (χ0v) is 4.91. The van der Waals surface area contributed by atoms with Crippen molar-refractivity contribution in [3.63, 3.8) is 0 Å². The Kier molecular flexibility index (Phi) is 1.04. The summed E-state index contributed by atoms with van der Waals surface area (Å²) in [6, 6.07) is 0. The van der Waals surface area contributed by atoms with Gasteiger partial charge >= 0.3 is 0 Å². The molecule has 0 fully saturated rings. The summed E-state index contributed by atoms with van der Waals surface area (Å²) >= 11 is 0. The maximum atomic E-state index is 3.25. The molecule has 0 radical (unpaired) electrons. The van der Waals surface area contributed by atoms with Gasteiger partial charge in [0.1, 0.15) is 0 Å². The fourth-order valence-electron chi connectivity index (χ4n) is 0.864. The van der Waals surface area contributed by atoms with Crippen LogP contribution in [-0.4, -0.2) is 0 Å². The van der Waals surface area contributed by atoms with Crippen molar-refractivity contribution in [2.45, 2.75) is 26.7 Å². The van der Waals surface area contributed by atoms with Gasteiger partial charge in [0.15, 0.2) is 0 Å². The second-order valence-electron chi connectivity index (χ2n) is 2.19. The van der Waals surface area contributed by atoms with Crippen molar-refractivity contribution in [1.29, 1.82) is 0 Å². The number of hydrogen-bond donors (Lipinski definition) is 0. The normalized spacial score (nSPS) is 19.1. The minimum absolute atomic E-state index is 1.24. The smallest absolute Gasteiger partial charge is 0.0203 e. The van der Waals surface area contributed by atoms with Gasteiger partial charge in [0.2, 0.25) is 0 Å². The van der Waals surface area contributed by atoms with E-state index in [-0.39, 0.29) is 0 Å². The second-order valence-corrected chi connectivity index (χ2v) is 2.19. The largest absolute Gasteiger partial charge is 0.123 e. The summed E-state index contributed by atoms with van der Waals surface area (Å²) in [7, 11) is 0. The Hall–Kier alpha value is -0.480. The van der Waals surface area contributed by atoms with Crippen LogP contribution in [0.25, 0.3) is 0 Å². The zero-order chi connectivity index (χ0) is 5.28. The molecule has 0 heterocycles. The maximum Gasteiger partial charge on any atom is -0.0203 e. The lowest BCUT2D eigenvalue weighted by atomic mass is 10.2. The molecule has 0 aromatic rings. The van der Waals surface area contributed by atoms with Crippen LogP contribution >= 0.6 is 0 Å². The van der Waals surface area contributed by atoms with Crippen LogP contribution in [0, 0.1) is 0 Å². The van der Waals surface area contributed by atoms with Gasteiger partial charge < -0.3 is 0 Å². The van der Waals surface area contributed by atoms with Gasteiger partial charge in [-0.15, -0.1) is 5.73 Å². The van der Waals surface area contributed by atoms with Crippen LogP contribution in [0.5, 0.6) is 0 Å². The number of hydrogen-bond acceptors (Lipinski definition) is 0. The van der Waals surface area contributed by atoms with Crippen LogP contribution < -0.4 is 0 Å². The Labute approximate surface area is 44.5 Å². The van der Waals surface area contributed by atoms with Crippen molar-refractivity contribution in [3.8, 4) is 0 Å². The molecular formula is C7H10. The van der Waals surface area contributed by atoms with Crippen LogP contribution in [-0.2, 0) is 0 Å². The van der Waals surface area contributed by atoms with Crippen molar-refractivity contribution in [2.24, 2.45) is 0 Å². The highest BCUT2D eigenvalue weighted by molar-refractivity contribution is 5.13. The molecule has 0 aromatic carbocycles. The minimum Gasteiger partial charge on any atom is -0.123 e. The van der Waals surface area contributed by atoms with Crippen molar-refractivity contribution < 1.29 is 0 Å². The lowest BCUT2D eigenvalue weighted by molar-refractivity contribution is 0.974. The van der Waals surface area contributed by atoms with E-state index in [1.165, 1.54) is 24.0 Å². The summed E-state index contributed by atoms with van der Waals surface area (Å²) in [4.78, 5) is 0. The summed E-state index contributed by atoms with van der Waals surface area (Å²) in [5.74, 6) is 0. The van der Waals surface area contributed by atoms with Gasteiger partial charge in [-0.2, -0.15) is 0 Å². The molecular weight excluding hydrogens is 84.1 g/mol. The molecule has 0 amide bonds. The summed E-state index contributed by atoms with van der Waals surface area (Å²) in [6.07, 6.45) is 2.48. The first-order chi connectivity index (χ1) is 3.29. The highest BCUT2D eigenvalue weighted by Gasteiger charge is 1.97. The Bertz CT molecular complexity index is 120. The van der Waals surface area contributed by atoms with Crippen LogP contribution in [0.1, 0.15) is 26.7 Å². The molecule has 1 rings (SSSR count). The van der Waals surface area contributed by atoms with Gasteiger partial charge in [-0.3, -0.25) is 0 Å². The van der Waals surface area contributed by atoms with Crippen LogP contribution in [0.3, 0.4) is 0 Å². The maximum absolute atomic E-state index is 3.25. The molecule has 0 saturated heterocycles. The molecule has 1 aliphatic carbocycles. The molecule has 0 heteroatoms. The SMILES string of the molecule is CC1=C=C(C)CC1. The summed E-state index contributed by atoms with van der Waals surface area (Å²) < 4.78 is 0. The lowest BCUT2D eigenvalue weighted by Crippen LogP contribution is -1.65. The highest BCUT2D eigenvalue weighted by Crippen LogP contribution is 2.15. The first-order valence-corrected chi connectivity index (χ1v) is 2.71. The van der Waals surface area contributed by atoms with E-state index in [1.54, 1.807) is 0 Å². The van der Waals surface area contributed by atoms with Crippen molar-refractivity contribution >= 4 is 0 Å². The van der Waals surface area contributed by atoms with E-state index in [1.807, 2.05) is 0 Å². The fraction of sp³-hybridized carbons (Fsp3) is 0.571. The standard InChI is InChI=1S/C7H10/c1-6-3-4-7(2)5-6/h3-4H2,1-2H3. The molecule has 0 aliphatic heterocycles. The Morgan fingerprint density at radius 3 is 1.71 bits per heavy atom. The van der Waals surface area contributed by atoms with E-state index < -0.39 is 0 Å². The Morgan fingerprint density at radius 1 is 1.14 bits per heavy atom. The van der Waals surface area contributed by atoms with Gasteiger partial charge in [-0.25, -0.2) is 0 Å². The van der Waals surface area contributed by atoms with E-state index in [0.717, 1.165) is 0 Å². The predicted octanol–water partition coefficient (Wildman–Crippen LogP) is 2.27. The molecule has 0 aromatic heterocycles. The van der Waals surface area contributed by atoms with Gasteiger partial charge in [0.05, 0.1) is 0 Å². The molecule has 7 heavy (non-hydrogen) atoms. The van der Waals surface area contributed by atoms with Gasteiger partial charge in [-0.1, -0.05) is 0 Å². The lowest BCUT2D eigenvalue weighted by Gasteiger charge is -1.83. The molecule has 0 N–H and O–H groups in total. The third-order valence-corrected chi connectivity index (χ3v) is 1.30. The molecule has 0 atom stereocenters. The van der Waals surface area contributed by atoms with Crippen LogP contribution in [0.2, 0.25) is 0 Å². The van der Waals surface area contributed by atoms with Gasteiger partial charge in [0, 0.05) is 0 Å². The van der Waals surface area contributed by atoms with Gasteiger partial charge in [-0.05, 0) is 37.8 Å². The molecule has 0 saturated carbocycles. The van der Waals surface area contributed by atoms with E-state index >= 15 is 0 Å². The zero-order valence-electron chi connectivity index (χ0n) is 4.91. The van der Waals surface area contributed by atoms with E-state index in [0.29, 0.717) is 0 Å². The van der Waals surface area contributed by atoms with E-state index in [9.17, 15) is 0 Å². The predicted molar refractivity (Wildman–Crippen MR) is 31.1 cm³/mol. The summed E-state index contributed by atoms with van der Waals surface area (Å²) in [6.45, 7) is 4.27. The number of rotatable bonds is 0. The molecule has 0 nitrogen and oxygen atoms in total. The monoisotopic (exact) mass is 94.1 g/mol. The van der Waals surface area contributed by atoms with Crippen LogP contribution in [0.15, 0.2) is 16.9 Å². The second kappa shape index (κ2) is 1.55. The Morgan fingerprint density at radius 2 is 1.57 bits per heavy atom. The summed E-state index contributed by atoms with van der Waals surface area (Å²) in [5.41, 5.74) is 6.08. The third-order valence-electron chi connectivity index (χ3n) is 1.30. The van der Waals surface area contributed by atoms with Crippen molar-refractivity contribution in [2.75, 3.05) is 0 Å². The molecule has 1 aliphatic rings. The van der Waals surface area contributed by atoms with E-state index in [4.69, 9.17) is 0 Å². The quantitative estimate of drug-likeness (QED) is 0.404. The molecule has 0 unspecified atom stereocenters. The molecule has 0 bridgehead atoms. The topological polar surface area (TPSA) is 0 Å². The van der Waals surface area contributed by atoms with Gasteiger partial charge in [0.25, 0.3) is 0 Å². The first kappa shape index (κ1) is 4.67. The fourth-order valence-corrected chi connectivity index (χ4v) is 0.864. The summed E-state index contributed by atoms with van der Waals surface area (Å²) in [5, 5.41) is 0. The average molecular weight is 94.2 g/mol. The highest BCUT2D eigenvalue weighted by atomic mass is 14.0. The van der Waals surface area contributed by atoms with Crippen LogP contribution in [0.4, 0.5) is 0 Å².